The Morgan fingerprint density at radius 3 is 2.77 bits per heavy atom. The van der Waals surface area contributed by atoms with Gasteiger partial charge in [-0.05, 0) is 36.1 Å². The molecule has 0 amide bonds. The van der Waals surface area contributed by atoms with E-state index < -0.39 is 11.6 Å². The fourth-order valence-corrected chi connectivity index (χ4v) is 3.28. The summed E-state index contributed by atoms with van der Waals surface area (Å²) in [5.74, 6) is 4.60. The molecule has 3 aromatic heterocycles. The molecule has 11 heteroatoms. The van der Waals surface area contributed by atoms with E-state index in [4.69, 9.17) is 9.84 Å². The van der Waals surface area contributed by atoms with Gasteiger partial charge >= 0.3 is 0 Å². The molecule has 4 aromatic rings. The molecule has 3 heterocycles. The molecule has 0 bridgehead atoms. The molecule has 0 spiro atoms. The zero-order valence-corrected chi connectivity index (χ0v) is 16.8. The minimum Gasteiger partial charge on any atom is -0.480 e. The van der Waals surface area contributed by atoms with E-state index in [-0.39, 0.29) is 17.4 Å². The monoisotopic (exact) mass is 440 g/mol. The highest BCUT2D eigenvalue weighted by atomic mass is 32.2. The molecule has 31 heavy (non-hydrogen) atoms. The van der Waals surface area contributed by atoms with Gasteiger partial charge in [0, 0.05) is 17.8 Å². The van der Waals surface area contributed by atoms with E-state index in [0.717, 1.165) is 18.0 Å². The number of nitrogens with zero attached hydrogens (tertiary/aromatic N) is 5. The maximum absolute atomic E-state index is 13.9. The molecule has 2 N–H and O–H groups in total. The predicted molar refractivity (Wildman–Crippen MR) is 110 cm³/mol. The summed E-state index contributed by atoms with van der Waals surface area (Å²) in [4.78, 5) is 12.8. The van der Waals surface area contributed by atoms with Crippen LogP contribution in [-0.2, 0) is 0 Å². The maximum Gasteiger partial charge on any atom is 0.251 e. The number of rotatable bonds is 5. The average molecular weight is 440 g/mol. The molecule has 0 atom stereocenters. The Morgan fingerprint density at radius 1 is 1.16 bits per heavy atom. The average Bonchev–Trinajstić information content (AvgIpc) is 3.19. The molecule has 0 fully saturated rings. The van der Waals surface area contributed by atoms with Gasteiger partial charge in [0.15, 0.2) is 0 Å². The quantitative estimate of drug-likeness (QED) is 0.361. The van der Waals surface area contributed by atoms with Crippen LogP contribution in [0, 0.1) is 23.5 Å². The van der Waals surface area contributed by atoms with Gasteiger partial charge in [0.1, 0.15) is 35.3 Å². The molecule has 0 aliphatic rings. The van der Waals surface area contributed by atoms with E-state index in [0.29, 0.717) is 28.4 Å². The number of aliphatic hydroxyl groups is 1. The van der Waals surface area contributed by atoms with Crippen molar-refractivity contribution in [2.24, 2.45) is 0 Å². The molecule has 1 aromatic carbocycles. The maximum atomic E-state index is 13.9. The zero-order valence-electron chi connectivity index (χ0n) is 16.0. The number of anilines is 1. The van der Waals surface area contributed by atoms with Gasteiger partial charge < -0.3 is 14.6 Å². The molecule has 0 unspecified atom stereocenters. The number of methoxy groups -OCH3 is 1. The summed E-state index contributed by atoms with van der Waals surface area (Å²) in [6.45, 7) is -0.288. The van der Waals surface area contributed by atoms with Crippen molar-refractivity contribution < 1.29 is 18.6 Å². The second-order valence-electron chi connectivity index (χ2n) is 6.02. The SMILES string of the molecule is COc1ncc(-c2cnc3ncc(C#CCO)n3n2)cc1NSc1ccc(F)cc1F. The van der Waals surface area contributed by atoms with E-state index >= 15 is 0 Å². The molecule has 0 aliphatic heterocycles. The van der Waals surface area contributed by atoms with Crippen LogP contribution in [-0.4, -0.2) is 43.4 Å². The second-order valence-corrected chi connectivity index (χ2v) is 6.87. The summed E-state index contributed by atoms with van der Waals surface area (Å²) in [7, 11) is 1.46. The normalized spacial score (nSPS) is 10.6. The summed E-state index contributed by atoms with van der Waals surface area (Å²) < 4.78 is 36.7. The van der Waals surface area contributed by atoms with Crippen LogP contribution in [0.1, 0.15) is 5.69 Å². The number of halogens is 2. The minimum absolute atomic E-state index is 0.209. The second kappa shape index (κ2) is 8.95. The lowest BCUT2D eigenvalue weighted by molar-refractivity contribution is 0.350. The van der Waals surface area contributed by atoms with Gasteiger partial charge in [-0.2, -0.15) is 9.61 Å². The smallest absolute Gasteiger partial charge is 0.251 e. The van der Waals surface area contributed by atoms with Crippen molar-refractivity contribution in [3.63, 3.8) is 0 Å². The van der Waals surface area contributed by atoms with E-state index in [1.165, 1.54) is 36.2 Å². The number of aromatic nitrogens is 5. The first-order valence-electron chi connectivity index (χ1n) is 8.82. The first-order valence-corrected chi connectivity index (χ1v) is 9.63. The number of benzene rings is 1. The Bertz CT molecular complexity index is 1320. The van der Waals surface area contributed by atoms with Crippen LogP contribution in [0.15, 0.2) is 47.8 Å². The number of ether oxygens (including phenoxy) is 1. The summed E-state index contributed by atoms with van der Waals surface area (Å²) in [5, 5.41) is 13.4. The van der Waals surface area contributed by atoms with E-state index in [1.807, 2.05) is 0 Å². The number of nitrogens with one attached hydrogen (secondary N) is 1. The fraction of sp³-hybridized carbons (Fsp3) is 0.100. The third kappa shape index (κ3) is 4.40. The molecule has 156 valence electrons. The summed E-state index contributed by atoms with van der Waals surface area (Å²) in [6, 6.07) is 5.03. The minimum atomic E-state index is -0.687. The molecular formula is C20H14F2N6O2S. The Hall–Kier alpha value is -3.75. The van der Waals surface area contributed by atoms with Gasteiger partial charge in [-0.15, -0.1) is 0 Å². The lowest BCUT2D eigenvalue weighted by atomic mass is 10.2. The highest BCUT2D eigenvalue weighted by Gasteiger charge is 2.13. The highest BCUT2D eigenvalue weighted by Crippen LogP contribution is 2.32. The molecule has 0 saturated carbocycles. The fourth-order valence-electron chi connectivity index (χ4n) is 2.62. The first-order chi connectivity index (χ1) is 15.1. The van der Waals surface area contributed by atoms with Crippen LogP contribution in [0.4, 0.5) is 14.5 Å². The number of pyridine rings is 1. The number of hydrogen-bond donors (Lipinski definition) is 2. The van der Waals surface area contributed by atoms with E-state index in [2.05, 4.69) is 36.6 Å². The third-order valence-electron chi connectivity index (χ3n) is 4.03. The van der Waals surface area contributed by atoms with Crippen LogP contribution in [0.25, 0.3) is 17.0 Å². The summed E-state index contributed by atoms with van der Waals surface area (Å²) in [5.41, 5.74) is 2.02. The third-order valence-corrected chi connectivity index (χ3v) is 4.90. The molecule has 4 rings (SSSR count). The Balaban J connectivity index is 1.66. The lowest BCUT2D eigenvalue weighted by Gasteiger charge is -2.11. The van der Waals surface area contributed by atoms with Crippen molar-refractivity contribution in [3.05, 3.63) is 60.2 Å². The van der Waals surface area contributed by atoms with Crippen LogP contribution < -0.4 is 9.46 Å². The Morgan fingerprint density at radius 2 is 2.00 bits per heavy atom. The highest BCUT2D eigenvalue weighted by molar-refractivity contribution is 8.00. The van der Waals surface area contributed by atoms with Crippen molar-refractivity contribution in [1.82, 2.24) is 24.6 Å². The van der Waals surface area contributed by atoms with E-state index in [9.17, 15) is 8.78 Å². The van der Waals surface area contributed by atoms with Gasteiger partial charge in [-0.25, -0.2) is 23.7 Å². The molecule has 0 saturated heterocycles. The van der Waals surface area contributed by atoms with Gasteiger partial charge in [-0.1, -0.05) is 5.92 Å². The number of imidazole rings is 1. The Labute approximate surface area is 179 Å². The standard InChI is InChI=1S/C20H14F2N6O2S/c1-30-19-16(27-31-18-5-4-13(21)8-15(18)22)7-12(9-23-19)17-11-25-20-24-10-14(3-2-6-29)28(20)26-17/h4-5,7-11,27,29H,6H2,1H3. The largest absolute Gasteiger partial charge is 0.480 e. The van der Waals surface area contributed by atoms with Crippen LogP contribution >= 0.6 is 11.9 Å². The Kier molecular flexibility index (Phi) is 5.92. The molecular weight excluding hydrogens is 426 g/mol. The van der Waals surface area contributed by atoms with Gasteiger partial charge in [0.25, 0.3) is 5.78 Å². The molecule has 0 radical (unpaired) electrons. The number of fused-ring (bicyclic) bond motifs is 1. The van der Waals surface area contributed by atoms with Crippen molar-refractivity contribution >= 4 is 23.4 Å². The predicted octanol–water partition coefficient (Wildman–Crippen LogP) is 2.94. The van der Waals surface area contributed by atoms with Gasteiger partial charge in [0.05, 0.1) is 24.4 Å². The van der Waals surface area contributed by atoms with Gasteiger partial charge in [0.2, 0.25) is 5.88 Å². The number of hydrogen-bond acceptors (Lipinski definition) is 8. The van der Waals surface area contributed by atoms with Crippen molar-refractivity contribution in [1.29, 1.82) is 0 Å². The summed E-state index contributed by atoms with van der Waals surface area (Å²) >= 11 is 0.953. The number of aliphatic hydroxyl groups excluding tert-OH is 1. The summed E-state index contributed by atoms with van der Waals surface area (Å²) in [6.07, 6.45) is 4.60. The molecule has 8 nitrogen and oxygen atoms in total. The van der Waals surface area contributed by atoms with Crippen LogP contribution in [0.3, 0.4) is 0 Å². The van der Waals surface area contributed by atoms with Crippen LogP contribution in [0.2, 0.25) is 0 Å². The molecule has 0 aliphatic carbocycles. The van der Waals surface area contributed by atoms with Crippen molar-refractivity contribution in [2.75, 3.05) is 18.4 Å². The first kappa shape index (κ1) is 20.5. The van der Waals surface area contributed by atoms with E-state index in [1.54, 1.807) is 12.3 Å². The van der Waals surface area contributed by atoms with Crippen molar-refractivity contribution in [3.8, 4) is 29.0 Å². The van der Waals surface area contributed by atoms with Crippen LogP contribution in [0.5, 0.6) is 5.88 Å². The van der Waals surface area contributed by atoms with Gasteiger partial charge in [-0.3, -0.25) is 0 Å². The topological polar surface area (TPSA) is 97.5 Å². The lowest BCUT2D eigenvalue weighted by Crippen LogP contribution is -2.01. The zero-order chi connectivity index (χ0) is 21.8. The van der Waals surface area contributed by atoms with Crippen molar-refractivity contribution in [2.45, 2.75) is 4.90 Å².